The molecule has 1 unspecified atom stereocenters. The van der Waals surface area contributed by atoms with E-state index in [1.807, 2.05) is 13.8 Å². The molecule has 72 valence electrons. The first-order valence-electron chi connectivity index (χ1n) is 4.08. The van der Waals surface area contributed by atoms with Crippen molar-refractivity contribution < 1.29 is 9.59 Å². The van der Waals surface area contributed by atoms with Crippen LogP contribution in [0.2, 0.25) is 0 Å². The van der Waals surface area contributed by atoms with Crippen LogP contribution in [0, 0.1) is 0 Å². The van der Waals surface area contributed by atoms with Gasteiger partial charge in [-0.2, -0.15) is 0 Å². The SMILES string of the molecule is CC.CC(=O)C(N)CCC(N)=O. The van der Waals surface area contributed by atoms with E-state index < -0.39 is 11.9 Å². The Morgan fingerprint density at radius 1 is 1.33 bits per heavy atom. The van der Waals surface area contributed by atoms with Crippen molar-refractivity contribution >= 4 is 11.7 Å². The largest absolute Gasteiger partial charge is 0.370 e. The molecule has 0 saturated carbocycles. The Hall–Kier alpha value is -0.900. The number of hydrogen-bond donors (Lipinski definition) is 2. The van der Waals surface area contributed by atoms with Crippen molar-refractivity contribution in [3.8, 4) is 0 Å². The van der Waals surface area contributed by atoms with Gasteiger partial charge < -0.3 is 11.5 Å². The molecule has 0 aromatic rings. The first kappa shape index (κ1) is 13.7. The van der Waals surface area contributed by atoms with Gasteiger partial charge >= 0.3 is 0 Å². The lowest BCUT2D eigenvalue weighted by Crippen LogP contribution is -2.29. The summed E-state index contributed by atoms with van der Waals surface area (Å²) in [5, 5.41) is 0. The van der Waals surface area contributed by atoms with Gasteiger partial charge in [0.2, 0.25) is 5.91 Å². The second kappa shape index (κ2) is 8.20. The number of nitrogens with two attached hydrogens (primary N) is 2. The summed E-state index contributed by atoms with van der Waals surface area (Å²) >= 11 is 0. The number of hydrogen-bond acceptors (Lipinski definition) is 3. The highest BCUT2D eigenvalue weighted by Crippen LogP contribution is 1.93. The highest BCUT2D eigenvalue weighted by molar-refractivity contribution is 5.82. The normalized spacial score (nSPS) is 11.0. The zero-order chi connectivity index (χ0) is 10.1. The predicted molar refractivity (Wildman–Crippen MR) is 48.4 cm³/mol. The van der Waals surface area contributed by atoms with E-state index in [4.69, 9.17) is 11.5 Å². The van der Waals surface area contributed by atoms with Gasteiger partial charge in [-0.05, 0) is 13.3 Å². The fourth-order valence-corrected chi connectivity index (χ4v) is 0.501. The van der Waals surface area contributed by atoms with E-state index in [0.717, 1.165) is 0 Å². The molecule has 0 bridgehead atoms. The summed E-state index contributed by atoms with van der Waals surface area (Å²) < 4.78 is 0. The number of amides is 1. The summed E-state index contributed by atoms with van der Waals surface area (Å²) in [6.45, 7) is 5.39. The molecule has 0 aromatic heterocycles. The molecule has 1 atom stereocenters. The zero-order valence-corrected chi connectivity index (χ0v) is 7.96. The van der Waals surface area contributed by atoms with Crippen molar-refractivity contribution in [2.24, 2.45) is 11.5 Å². The van der Waals surface area contributed by atoms with Gasteiger partial charge in [0.15, 0.2) is 0 Å². The van der Waals surface area contributed by atoms with Gasteiger partial charge in [-0.15, -0.1) is 0 Å². The van der Waals surface area contributed by atoms with Gasteiger partial charge in [0, 0.05) is 6.42 Å². The van der Waals surface area contributed by atoms with Crippen LogP contribution in [0.4, 0.5) is 0 Å². The predicted octanol–water partition coefficient (Wildman–Crippen LogP) is 0.194. The minimum Gasteiger partial charge on any atom is -0.370 e. The van der Waals surface area contributed by atoms with E-state index in [-0.39, 0.29) is 12.2 Å². The number of carbonyl (C=O) groups excluding carboxylic acids is 2. The van der Waals surface area contributed by atoms with Gasteiger partial charge in [-0.25, -0.2) is 0 Å². The molecule has 4 heteroatoms. The maximum atomic E-state index is 10.5. The molecular weight excluding hydrogens is 156 g/mol. The molecule has 12 heavy (non-hydrogen) atoms. The Bertz CT molecular complexity index is 146. The molecule has 0 spiro atoms. The Morgan fingerprint density at radius 2 is 1.75 bits per heavy atom. The quantitative estimate of drug-likeness (QED) is 0.638. The number of primary amides is 1. The summed E-state index contributed by atoms with van der Waals surface area (Å²) in [5.74, 6) is -0.530. The van der Waals surface area contributed by atoms with E-state index in [1.165, 1.54) is 6.92 Å². The van der Waals surface area contributed by atoms with Gasteiger partial charge in [0.25, 0.3) is 0 Å². The van der Waals surface area contributed by atoms with Crippen LogP contribution in [0.3, 0.4) is 0 Å². The van der Waals surface area contributed by atoms with Crippen LogP contribution in [0.25, 0.3) is 0 Å². The third-order valence-corrected chi connectivity index (χ3v) is 1.22. The van der Waals surface area contributed by atoms with Crippen LogP contribution in [-0.4, -0.2) is 17.7 Å². The van der Waals surface area contributed by atoms with Crippen LogP contribution >= 0.6 is 0 Å². The summed E-state index contributed by atoms with van der Waals surface area (Å²) in [5.41, 5.74) is 10.1. The second-order valence-electron chi connectivity index (χ2n) is 2.22. The molecule has 0 saturated heterocycles. The van der Waals surface area contributed by atoms with E-state index in [0.29, 0.717) is 6.42 Å². The molecule has 0 aliphatic heterocycles. The summed E-state index contributed by atoms with van der Waals surface area (Å²) in [6.07, 6.45) is 0.533. The maximum absolute atomic E-state index is 10.5. The Labute approximate surface area is 73.3 Å². The van der Waals surface area contributed by atoms with Crippen molar-refractivity contribution in [1.29, 1.82) is 0 Å². The molecule has 0 fully saturated rings. The highest BCUT2D eigenvalue weighted by Gasteiger charge is 2.08. The zero-order valence-electron chi connectivity index (χ0n) is 7.96. The van der Waals surface area contributed by atoms with E-state index in [1.54, 1.807) is 0 Å². The van der Waals surface area contributed by atoms with Gasteiger partial charge in [0.1, 0.15) is 5.78 Å². The lowest BCUT2D eigenvalue weighted by Gasteiger charge is -2.03. The van der Waals surface area contributed by atoms with Crippen LogP contribution < -0.4 is 11.5 Å². The van der Waals surface area contributed by atoms with Crippen molar-refractivity contribution in [1.82, 2.24) is 0 Å². The van der Waals surface area contributed by atoms with Crippen molar-refractivity contribution in [3.05, 3.63) is 0 Å². The minimum absolute atomic E-state index is 0.110. The molecular formula is C8H18N2O2. The molecule has 0 rings (SSSR count). The molecule has 0 radical (unpaired) electrons. The highest BCUT2D eigenvalue weighted by atomic mass is 16.1. The minimum atomic E-state index is -0.535. The molecule has 1 amide bonds. The summed E-state index contributed by atoms with van der Waals surface area (Å²) in [7, 11) is 0. The van der Waals surface area contributed by atoms with Crippen LogP contribution in [-0.2, 0) is 9.59 Å². The van der Waals surface area contributed by atoms with E-state index >= 15 is 0 Å². The maximum Gasteiger partial charge on any atom is 0.217 e. The monoisotopic (exact) mass is 174 g/mol. The van der Waals surface area contributed by atoms with Crippen molar-refractivity contribution in [2.45, 2.75) is 39.7 Å². The summed E-state index contributed by atoms with van der Waals surface area (Å²) in [4.78, 5) is 20.7. The Balaban J connectivity index is 0. The Morgan fingerprint density at radius 3 is 2.00 bits per heavy atom. The molecule has 0 aliphatic carbocycles. The third kappa shape index (κ3) is 9.10. The number of carbonyl (C=O) groups is 2. The van der Waals surface area contributed by atoms with Gasteiger partial charge in [-0.1, -0.05) is 13.8 Å². The smallest absolute Gasteiger partial charge is 0.217 e. The lowest BCUT2D eigenvalue weighted by atomic mass is 10.1. The number of Topliss-reactive ketones (excluding diaryl/α,β-unsaturated/α-hetero) is 1. The molecule has 0 heterocycles. The lowest BCUT2D eigenvalue weighted by molar-refractivity contribution is -0.119. The van der Waals surface area contributed by atoms with Crippen LogP contribution in [0.1, 0.15) is 33.6 Å². The van der Waals surface area contributed by atoms with Gasteiger partial charge in [-0.3, -0.25) is 9.59 Å². The second-order valence-corrected chi connectivity index (χ2v) is 2.22. The van der Waals surface area contributed by atoms with Gasteiger partial charge in [0.05, 0.1) is 6.04 Å². The molecule has 4 nitrogen and oxygen atoms in total. The topological polar surface area (TPSA) is 86.2 Å². The molecule has 4 N–H and O–H groups in total. The van der Waals surface area contributed by atoms with E-state index in [9.17, 15) is 9.59 Å². The summed E-state index contributed by atoms with van der Waals surface area (Å²) in [6, 6.07) is -0.535. The third-order valence-electron chi connectivity index (χ3n) is 1.22. The number of rotatable bonds is 4. The Kier molecular flexibility index (Phi) is 9.34. The van der Waals surface area contributed by atoms with E-state index in [2.05, 4.69) is 0 Å². The fourth-order valence-electron chi connectivity index (χ4n) is 0.501. The molecule has 0 aromatic carbocycles. The first-order valence-corrected chi connectivity index (χ1v) is 4.08. The number of ketones is 1. The standard InChI is InChI=1S/C6H12N2O2.C2H6/c1-4(9)5(7)2-3-6(8)10;1-2/h5H,2-3,7H2,1H3,(H2,8,10);1-2H3. The fraction of sp³-hybridized carbons (Fsp3) is 0.750. The van der Waals surface area contributed by atoms with Crippen molar-refractivity contribution in [2.75, 3.05) is 0 Å². The average molecular weight is 174 g/mol. The first-order chi connectivity index (χ1) is 5.54. The molecule has 0 aliphatic rings. The average Bonchev–Trinajstić information content (AvgIpc) is 2.03. The van der Waals surface area contributed by atoms with Crippen LogP contribution in [0.15, 0.2) is 0 Å². The van der Waals surface area contributed by atoms with Crippen LogP contribution in [0.5, 0.6) is 0 Å². The van der Waals surface area contributed by atoms with Crippen molar-refractivity contribution in [3.63, 3.8) is 0 Å².